The standard InChI is InChI=1S/C19H25FN2O3S2/c1-3-14(4-2)18(23)21-19-22(10-9-13-5-7-15(20)8-6-13)16-11-27(24,25)12-17(16)26-19/h5-8,14,16-17H,3-4,9-12H2,1-2H3/t16-,17+/m0/s1. The van der Waals surface area contributed by atoms with Crippen LogP contribution in [0.25, 0.3) is 0 Å². The van der Waals surface area contributed by atoms with Gasteiger partial charge in [-0.05, 0) is 37.0 Å². The van der Waals surface area contributed by atoms with Crippen LogP contribution in [0.5, 0.6) is 0 Å². The molecule has 2 aliphatic heterocycles. The number of amides is 1. The number of hydrogen-bond acceptors (Lipinski definition) is 4. The minimum atomic E-state index is -3.06. The topological polar surface area (TPSA) is 66.8 Å². The van der Waals surface area contributed by atoms with Crippen molar-refractivity contribution in [3.63, 3.8) is 0 Å². The Morgan fingerprint density at radius 3 is 2.56 bits per heavy atom. The Hall–Kier alpha value is -1.41. The Morgan fingerprint density at radius 2 is 1.93 bits per heavy atom. The number of nitrogens with zero attached hydrogens (tertiary/aromatic N) is 2. The molecule has 8 heteroatoms. The highest BCUT2D eigenvalue weighted by molar-refractivity contribution is 8.15. The molecule has 0 N–H and O–H groups in total. The van der Waals surface area contributed by atoms with Crippen molar-refractivity contribution >= 4 is 32.7 Å². The molecule has 0 radical (unpaired) electrons. The molecule has 5 nitrogen and oxygen atoms in total. The number of sulfone groups is 1. The molecule has 2 atom stereocenters. The first-order chi connectivity index (χ1) is 12.8. The fourth-order valence-electron chi connectivity index (χ4n) is 3.62. The number of rotatable bonds is 6. The van der Waals surface area contributed by atoms with E-state index in [1.807, 2.05) is 18.7 Å². The van der Waals surface area contributed by atoms with Crippen LogP contribution in [-0.2, 0) is 21.1 Å². The van der Waals surface area contributed by atoms with Crippen LogP contribution in [0.4, 0.5) is 4.39 Å². The first-order valence-electron chi connectivity index (χ1n) is 9.33. The van der Waals surface area contributed by atoms with Gasteiger partial charge in [-0.25, -0.2) is 12.8 Å². The molecule has 0 spiro atoms. The lowest BCUT2D eigenvalue weighted by Crippen LogP contribution is -2.39. The smallest absolute Gasteiger partial charge is 0.251 e. The van der Waals surface area contributed by atoms with Crippen molar-refractivity contribution in [1.82, 2.24) is 4.90 Å². The van der Waals surface area contributed by atoms with Crippen LogP contribution in [0.2, 0.25) is 0 Å². The monoisotopic (exact) mass is 412 g/mol. The van der Waals surface area contributed by atoms with E-state index in [9.17, 15) is 17.6 Å². The van der Waals surface area contributed by atoms with Gasteiger partial charge in [0.05, 0.1) is 17.5 Å². The van der Waals surface area contributed by atoms with Crippen molar-refractivity contribution in [3.8, 4) is 0 Å². The highest BCUT2D eigenvalue weighted by Crippen LogP contribution is 2.38. The second-order valence-electron chi connectivity index (χ2n) is 7.12. The number of amidine groups is 1. The maximum Gasteiger partial charge on any atom is 0.251 e. The van der Waals surface area contributed by atoms with Crippen LogP contribution >= 0.6 is 11.8 Å². The van der Waals surface area contributed by atoms with E-state index in [2.05, 4.69) is 4.99 Å². The summed E-state index contributed by atoms with van der Waals surface area (Å²) in [5.74, 6) is -0.270. The molecule has 0 saturated carbocycles. The summed E-state index contributed by atoms with van der Waals surface area (Å²) in [6, 6.07) is 6.15. The zero-order valence-corrected chi connectivity index (χ0v) is 17.2. The summed E-state index contributed by atoms with van der Waals surface area (Å²) in [5, 5.41) is 0.565. The van der Waals surface area contributed by atoms with Crippen LogP contribution in [0.3, 0.4) is 0 Å². The Kier molecular flexibility index (Phi) is 6.25. The van der Waals surface area contributed by atoms with Crippen molar-refractivity contribution < 1.29 is 17.6 Å². The lowest BCUT2D eigenvalue weighted by molar-refractivity contribution is -0.121. The van der Waals surface area contributed by atoms with Gasteiger partial charge in [0.25, 0.3) is 5.91 Å². The number of halogens is 1. The number of carbonyl (C=O) groups excluding carboxylic acids is 1. The summed E-state index contributed by atoms with van der Waals surface area (Å²) >= 11 is 1.41. The minimum Gasteiger partial charge on any atom is -0.346 e. The van der Waals surface area contributed by atoms with E-state index in [-0.39, 0.29) is 40.4 Å². The van der Waals surface area contributed by atoms with Crippen molar-refractivity contribution in [2.45, 2.75) is 44.4 Å². The van der Waals surface area contributed by atoms with Crippen LogP contribution in [0.1, 0.15) is 32.3 Å². The van der Waals surface area contributed by atoms with Gasteiger partial charge in [0.1, 0.15) is 5.82 Å². The quantitative estimate of drug-likeness (QED) is 0.719. The molecular formula is C19H25FN2O3S2. The van der Waals surface area contributed by atoms with Gasteiger partial charge in [0.15, 0.2) is 15.0 Å². The largest absolute Gasteiger partial charge is 0.346 e. The zero-order valence-electron chi connectivity index (χ0n) is 15.6. The maximum absolute atomic E-state index is 13.1. The minimum absolute atomic E-state index is 0.0727. The summed E-state index contributed by atoms with van der Waals surface area (Å²) in [7, 11) is -3.06. The fourth-order valence-corrected chi connectivity index (χ4v) is 7.60. The molecule has 0 aromatic heterocycles. The van der Waals surface area contributed by atoms with Crippen LogP contribution in [0.15, 0.2) is 29.3 Å². The molecule has 1 aromatic carbocycles. The molecule has 3 rings (SSSR count). The normalized spacial score (nSPS) is 25.3. The van der Waals surface area contributed by atoms with Crippen molar-refractivity contribution in [2.24, 2.45) is 10.9 Å². The van der Waals surface area contributed by atoms with Gasteiger partial charge in [-0.1, -0.05) is 37.7 Å². The van der Waals surface area contributed by atoms with Gasteiger partial charge >= 0.3 is 0 Å². The van der Waals surface area contributed by atoms with Gasteiger partial charge < -0.3 is 4.90 Å². The van der Waals surface area contributed by atoms with Gasteiger partial charge in [-0.3, -0.25) is 4.79 Å². The molecule has 2 heterocycles. The van der Waals surface area contributed by atoms with Crippen molar-refractivity contribution in [2.75, 3.05) is 18.1 Å². The van der Waals surface area contributed by atoms with Gasteiger partial charge in [-0.15, -0.1) is 0 Å². The number of hydrogen-bond donors (Lipinski definition) is 0. The third-order valence-electron chi connectivity index (χ3n) is 5.27. The molecule has 148 valence electrons. The predicted octanol–water partition coefficient (Wildman–Crippen LogP) is 2.90. The van der Waals surface area contributed by atoms with Crippen LogP contribution in [0, 0.1) is 11.7 Å². The van der Waals surface area contributed by atoms with E-state index < -0.39 is 9.84 Å². The lowest BCUT2D eigenvalue weighted by atomic mass is 10.0. The molecule has 0 aliphatic carbocycles. The molecule has 27 heavy (non-hydrogen) atoms. The van der Waals surface area contributed by atoms with Gasteiger partial charge in [0.2, 0.25) is 0 Å². The average molecular weight is 413 g/mol. The predicted molar refractivity (Wildman–Crippen MR) is 107 cm³/mol. The molecular weight excluding hydrogens is 387 g/mol. The summed E-state index contributed by atoms with van der Waals surface area (Å²) in [6.07, 6.45) is 2.13. The van der Waals surface area contributed by atoms with Gasteiger partial charge in [-0.2, -0.15) is 4.99 Å². The highest BCUT2D eigenvalue weighted by atomic mass is 32.2. The Labute approximate surface area is 164 Å². The van der Waals surface area contributed by atoms with Gasteiger partial charge in [0, 0.05) is 17.7 Å². The zero-order chi connectivity index (χ0) is 19.6. The molecule has 0 bridgehead atoms. The lowest BCUT2D eigenvalue weighted by Gasteiger charge is -2.24. The number of benzene rings is 1. The molecule has 2 aliphatic rings. The van der Waals surface area contributed by atoms with E-state index in [1.165, 1.54) is 23.9 Å². The average Bonchev–Trinajstić information content (AvgIpc) is 3.07. The number of carbonyl (C=O) groups is 1. The molecule has 1 amide bonds. The Bertz CT molecular complexity index is 820. The third kappa shape index (κ3) is 4.71. The van der Waals surface area contributed by atoms with E-state index in [0.29, 0.717) is 18.1 Å². The number of fused-ring (bicyclic) bond motifs is 1. The van der Waals surface area contributed by atoms with E-state index in [0.717, 1.165) is 18.4 Å². The Morgan fingerprint density at radius 1 is 1.26 bits per heavy atom. The first-order valence-corrected chi connectivity index (χ1v) is 12.0. The second-order valence-corrected chi connectivity index (χ2v) is 10.5. The van der Waals surface area contributed by atoms with E-state index in [1.54, 1.807) is 12.1 Å². The van der Waals surface area contributed by atoms with Crippen molar-refractivity contribution in [3.05, 3.63) is 35.6 Å². The van der Waals surface area contributed by atoms with Crippen LogP contribution < -0.4 is 0 Å². The van der Waals surface area contributed by atoms with Crippen LogP contribution in [-0.4, -0.2) is 53.7 Å². The fraction of sp³-hybridized carbons (Fsp3) is 0.579. The number of thioether (sulfide) groups is 1. The molecule has 2 saturated heterocycles. The second kappa shape index (κ2) is 8.31. The first kappa shape index (κ1) is 20.3. The Balaban J connectivity index is 1.79. The summed E-state index contributed by atoms with van der Waals surface area (Å²) in [5.41, 5.74) is 0.969. The molecule has 1 aromatic rings. The maximum atomic E-state index is 13.1. The summed E-state index contributed by atoms with van der Waals surface area (Å²) < 4.78 is 37.2. The summed E-state index contributed by atoms with van der Waals surface area (Å²) in [6.45, 7) is 4.51. The number of aliphatic imine (C=N–C) groups is 1. The SMILES string of the molecule is CCC(CC)C(=O)N=C1S[C@@H]2CS(=O)(=O)C[C@@H]2N1CCc1ccc(F)cc1. The molecule has 2 fully saturated rings. The third-order valence-corrected chi connectivity index (χ3v) is 8.52. The van der Waals surface area contributed by atoms with E-state index >= 15 is 0 Å². The summed E-state index contributed by atoms with van der Waals surface area (Å²) in [4.78, 5) is 18.8. The molecule has 0 unspecified atom stereocenters. The highest BCUT2D eigenvalue weighted by Gasteiger charge is 2.48. The van der Waals surface area contributed by atoms with Crippen molar-refractivity contribution in [1.29, 1.82) is 0 Å². The van der Waals surface area contributed by atoms with E-state index in [4.69, 9.17) is 0 Å².